The van der Waals surface area contributed by atoms with Gasteiger partial charge in [-0.3, -0.25) is 0 Å². The first-order chi connectivity index (χ1) is 16.8. The van der Waals surface area contributed by atoms with Crippen LogP contribution in [-0.2, 0) is 19.0 Å². The first kappa shape index (κ1) is 26.9. The molecule has 3 N–H and O–H groups in total. The fourth-order valence-electron chi connectivity index (χ4n) is 4.34. The number of allylic oxidation sites excluding steroid dienone is 1. The Morgan fingerprint density at radius 3 is 2.74 bits per heavy atom. The van der Waals surface area contributed by atoms with E-state index < -0.39 is 36.5 Å². The number of fused-ring (bicyclic) bond motifs is 1. The molecule has 3 rings (SSSR count). The number of para-hydroxylation sites is 1. The van der Waals surface area contributed by atoms with Crippen molar-refractivity contribution in [2.45, 2.75) is 95.9 Å². The maximum atomic E-state index is 12.7. The molecule has 0 aliphatic carbocycles. The lowest BCUT2D eigenvalue weighted by Crippen LogP contribution is -2.49. The van der Waals surface area contributed by atoms with Crippen LogP contribution in [0.2, 0.25) is 0 Å². The molecule has 1 saturated heterocycles. The van der Waals surface area contributed by atoms with Crippen LogP contribution in [0.25, 0.3) is 10.9 Å². The monoisotopic (exact) mass is 487 g/mol. The topological polar surface area (TPSA) is 118 Å². The molecule has 0 radical (unpaired) electrons. The van der Waals surface area contributed by atoms with Gasteiger partial charge >= 0.3 is 11.9 Å². The van der Waals surface area contributed by atoms with Crippen molar-refractivity contribution in [1.29, 1.82) is 0 Å². The molecule has 8 heteroatoms. The van der Waals surface area contributed by atoms with Crippen molar-refractivity contribution in [3.8, 4) is 0 Å². The highest BCUT2D eigenvalue weighted by Crippen LogP contribution is 2.27. The molecule has 2 aromatic rings. The van der Waals surface area contributed by atoms with Crippen LogP contribution in [0, 0.1) is 0 Å². The molecule has 0 bridgehead atoms. The number of carboxylic acids is 1. The molecule has 1 aliphatic heterocycles. The number of H-pyrrole nitrogens is 1. The Balaban J connectivity index is 1.35. The van der Waals surface area contributed by atoms with Gasteiger partial charge in [-0.25, -0.2) is 9.59 Å². The molecular formula is C27H37NO7. The molecular weight excluding hydrogens is 450 g/mol. The highest BCUT2D eigenvalue weighted by atomic mass is 16.7. The van der Waals surface area contributed by atoms with Crippen LogP contribution in [0.1, 0.15) is 75.6 Å². The van der Waals surface area contributed by atoms with Gasteiger partial charge in [0.2, 0.25) is 0 Å². The van der Waals surface area contributed by atoms with E-state index in [0.29, 0.717) is 5.56 Å². The maximum absolute atomic E-state index is 12.7. The Kier molecular flexibility index (Phi) is 10.3. The van der Waals surface area contributed by atoms with E-state index in [2.05, 4.69) is 4.98 Å². The Bertz CT molecular complexity index is 985. The van der Waals surface area contributed by atoms with Crippen LogP contribution in [0.5, 0.6) is 0 Å². The third-order valence-electron chi connectivity index (χ3n) is 6.34. The summed E-state index contributed by atoms with van der Waals surface area (Å²) in [5.74, 6) is -1.34. The van der Waals surface area contributed by atoms with Crippen molar-refractivity contribution in [1.82, 2.24) is 4.98 Å². The van der Waals surface area contributed by atoms with Crippen molar-refractivity contribution < 1.29 is 34.0 Å². The first-order valence-corrected chi connectivity index (χ1v) is 12.5. The Hall–Kier alpha value is -2.68. The lowest BCUT2D eigenvalue weighted by atomic mass is 10.0. The van der Waals surface area contributed by atoms with Gasteiger partial charge in [-0.2, -0.15) is 0 Å². The molecule has 0 amide bonds. The number of rotatable bonds is 13. The van der Waals surface area contributed by atoms with Crippen molar-refractivity contribution in [2.75, 3.05) is 0 Å². The van der Waals surface area contributed by atoms with E-state index in [1.165, 1.54) is 6.08 Å². The van der Waals surface area contributed by atoms with Crippen LogP contribution in [0.15, 0.2) is 42.6 Å². The van der Waals surface area contributed by atoms with Crippen LogP contribution in [-0.4, -0.2) is 57.8 Å². The van der Waals surface area contributed by atoms with Crippen molar-refractivity contribution in [3.63, 3.8) is 0 Å². The van der Waals surface area contributed by atoms with Gasteiger partial charge in [0, 0.05) is 29.6 Å². The van der Waals surface area contributed by atoms with E-state index in [-0.39, 0.29) is 12.5 Å². The van der Waals surface area contributed by atoms with E-state index in [0.717, 1.165) is 55.8 Å². The predicted octanol–water partition coefficient (Wildman–Crippen LogP) is 4.97. The zero-order chi connectivity index (χ0) is 25.2. The van der Waals surface area contributed by atoms with Gasteiger partial charge in [0.15, 0.2) is 6.29 Å². The number of aromatic amines is 1. The molecule has 0 unspecified atom stereocenters. The van der Waals surface area contributed by atoms with E-state index in [1.54, 1.807) is 12.3 Å². The average molecular weight is 488 g/mol. The standard InChI is InChI=1S/C27H37NO7/c1-18(12-8-6-4-3-5-7-9-15-25(30)31)33-27-23(29)16-24(19(2)34-27)35-26(32)21-17-28-22-14-11-10-13-20(21)22/h9-11,13-15,17-19,23-24,27-29H,3-8,12,16H2,1-2H3,(H,30,31)/b15-9+/t18-,19+,23-,24-,27-/m1/s1. The maximum Gasteiger partial charge on any atom is 0.340 e. The number of ether oxygens (including phenoxy) is 3. The number of aliphatic carboxylic acids is 1. The number of carbonyl (C=O) groups is 2. The van der Waals surface area contributed by atoms with E-state index in [9.17, 15) is 14.7 Å². The van der Waals surface area contributed by atoms with Crippen molar-refractivity contribution in [2.24, 2.45) is 0 Å². The number of benzene rings is 1. The molecule has 0 spiro atoms. The Morgan fingerprint density at radius 2 is 1.94 bits per heavy atom. The summed E-state index contributed by atoms with van der Waals surface area (Å²) in [4.78, 5) is 26.2. The zero-order valence-corrected chi connectivity index (χ0v) is 20.5. The number of hydrogen-bond donors (Lipinski definition) is 3. The summed E-state index contributed by atoms with van der Waals surface area (Å²) in [6.07, 6.45) is 9.01. The largest absolute Gasteiger partial charge is 0.478 e. The number of aliphatic hydroxyl groups excluding tert-OH is 1. The smallest absolute Gasteiger partial charge is 0.340 e. The fourth-order valence-corrected chi connectivity index (χ4v) is 4.34. The normalized spacial score (nSPS) is 23.5. The number of unbranched alkanes of at least 4 members (excludes halogenated alkanes) is 5. The summed E-state index contributed by atoms with van der Waals surface area (Å²) in [6, 6.07) is 7.53. The molecule has 35 heavy (non-hydrogen) atoms. The van der Waals surface area contributed by atoms with Gasteiger partial charge in [-0.1, -0.05) is 50.0 Å². The first-order valence-electron chi connectivity index (χ1n) is 12.5. The van der Waals surface area contributed by atoms with E-state index in [1.807, 2.05) is 38.1 Å². The number of carbonyl (C=O) groups excluding carboxylic acids is 1. The second-order valence-corrected chi connectivity index (χ2v) is 9.24. The number of nitrogens with one attached hydrogen (secondary N) is 1. The number of hydrogen-bond acceptors (Lipinski definition) is 6. The SMILES string of the molecule is C[C@H](CCCCCCC/C=C/C(=O)O)O[C@@H]1O[C@@H](C)[C@H](OC(=O)c2c[nH]c3ccccc23)C[C@H]1O. The van der Waals surface area contributed by atoms with Crippen LogP contribution < -0.4 is 0 Å². The van der Waals surface area contributed by atoms with Crippen LogP contribution in [0.3, 0.4) is 0 Å². The summed E-state index contributed by atoms with van der Waals surface area (Å²) in [5.41, 5.74) is 1.33. The Labute approximate surface area is 206 Å². The molecule has 1 aromatic heterocycles. The molecule has 8 nitrogen and oxygen atoms in total. The fraction of sp³-hybridized carbons (Fsp3) is 0.556. The highest BCUT2D eigenvalue weighted by Gasteiger charge is 2.38. The van der Waals surface area contributed by atoms with Crippen molar-refractivity contribution in [3.05, 3.63) is 48.2 Å². The van der Waals surface area contributed by atoms with Gasteiger partial charge in [0.25, 0.3) is 0 Å². The second-order valence-electron chi connectivity index (χ2n) is 9.24. The molecule has 2 heterocycles. The third-order valence-corrected chi connectivity index (χ3v) is 6.34. The van der Waals surface area contributed by atoms with Gasteiger partial charge in [-0.15, -0.1) is 0 Å². The van der Waals surface area contributed by atoms with Gasteiger partial charge in [0.05, 0.1) is 17.8 Å². The predicted molar refractivity (Wildman–Crippen MR) is 132 cm³/mol. The minimum absolute atomic E-state index is 0.0642. The van der Waals surface area contributed by atoms with Gasteiger partial charge < -0.3 is 29.4 Å². The van der Waals surface area contributed by atoms with E-state index >= 15 is 0 Å². The summed E-state index contributed by atoms with van der Waals surface area (Å²) in [5, 5.41) is 19.9. The minimum atomic E-state index is -0.901. The summed E-state index contributed by atoms with van der Waals surface area (Å²) in [6.45, 7) is 3.80. The molecule has 1 aromatic carbocycles. The van der Waals surface area contributed by atoms with Crippen LogP contribution >= 0.6 is 0 Å². The molecule has 5 atom stereocenters. The lowest BCUT2D eigenvalue weighted by molar-refractivity contribution is -0.273. The minimum Gasteiger partial charge on any atom is -0.478 e. The summed E-state index contributed by atoms with van der Waals surface area (Å²) in [7, 11) is 0. The summed E-state index contributed by atoms with van der Waals surface area (Å²) >= 11 is 0. The highest BCUT2D eigenvalue weighted by molar-refractivity contribution is 6.04. The number of aliphatic hydroxyl groups is 1. The van der Waals surface area contributed by atoms with Crippen LogP contribution in [0.4, 0.5) is 0 Å². The van der Waals surface area contributed by atoms with Crippen molar-refractivity contribution >= 4 is 22.8 Å². The molecule has 1 fully saturated rings. The quantitative estimate of drug-likeness (QED) is 0.207. The summed E-state index contributed by atoms with van der Waals surface area (Å²) < 4.78 is 17.5. The number of aromatic nitrogens is 1. The molecule has 1 aliphatic rings. The van der Waals surface area contributed by atoms with Gasteiger partial charge in [0.1, 0.15) is 12.2 Å². The molecule has 0 saturated carbocycles. The van der Waals surface area contributed by atoms with E-state index in [4.69, 9.17) is 19.3 Å². The second kappa shape index (κ2) is 13.4. The zero-order valence-electron chi connectivity index (χ0n) is 20.5. The molecule has 192 valence electrons. The number of carboxylic acid groups (broad SMARTS) is 1. The average Bonchev–Trinajstić information content (AvgIpc) is 3.25. The third kappa shape index (κ3) is 8.19. The lowest BCUT2D eigenvalue weighted by Gasteiger charge is -2.38. The van der Waals surface area contributed by atoms with Gasteiger partial charge in [-0.05, 0) is 39.2 Å². The Morgan fingerprint density at radius 1 is 1.20 bits per heavy atom. The number of esters is 1.